The fourth-order valence-corrected chi connectivity index (χ4v) is 2.10. The van der Waals surface area contributed by atoms with Crippen LogP contribution in [0.15, 0.2) is 42.5 Å². The van der Waals surface area contributed by atoms with Crippen LogP contribution in [0.2, 0.25) is 0 Å². The van der Waals surface area contributed by atoms with E-state index in [0.29, 0.717) is 0 Å². The number of carboxylic acid groups (broad SMARTS) is 1. The van der Waals surface area contributed by atoms with Crippen LogP contribution in [0.1, 0.15) is 11.6 Å². The van der Waals surface area contributed by atoms with Crippen LogP contribution in [0.25, 0.3) is 10.8 Å². The van der Waals surface area contributed by atoms with Gasteiger partial charge in [0.05, 0.1) is 12.6 Å². The normalized spacial score (nSPS) is 12.3. The molecule has 0 spiro atoms. The van der Waals surface area contributed by atoms with Crippen molar-refractivity contribution in [1.29, 1.82) is 0 Å². The quantitative estimate of drug-likeness (QED) is 0.873. The molecule has 0 radical (unpaired) electrons. The third-order valence-electron chi connectivity index (χ3n) is 3.12. The monoisotopic (exact) mass is 245 g/mol. The second-order valence-corrected chi connectivity index (χ2v) is 4.16. The summed E-state index contributed by atoms with van der Waals surface area (Å²) in [4.78, 5) is 12.2. The van der Waals surface area contributed by atoms with E-state index in [2.05, 4.69) is 0 Å². The summed E-state index contributed by atoms with van der Waals surface area (Å²) in [7, 11) is 1.46. The van der Waals surface area contributed by atoms with Gasteiger partial charge in [0.15, 0.2) is 0 Å². The van der Waals surface area contributed by atoms with E-state index in [4.69, 9.17) is 5.11 Å². The predicted octanol–water partition coefficient (Wildman–Crippen LogP) is 2.48. The lowest BCUT2D eigenvalue weighted by Gasteiger charge is -2.25. The van der Waals surface area contributed by atoms with Crippen molar-refractivity contribution in [2.75, 3.05) is 13.7 Å². The first-order chi connectivity index (χ1) is 8.65. The summed E-state index contributed by atoms with van der Waals surface area (Å²) >= 11 is 0. The fraction of sp³-hybridized carbons (Fsp3) is 0.214. The van der Waals surface area contributed by atoms with Crippen molar-refractivity contribution in [2.45, 2.75) is 6.04 Å². The number of carbonyl (C=O) groups is 1. The molecule has 0 aliphatic heterocycles. The Kier molecular flexibility index (Phi) is 3.48. The molecule has 0 unspecified atom stereocenters. The number of rotatable bonds is 3. The summed E-state index contributed by atoms with van der Waals surface area (Å²) < 4.78 is 0. The van der Waals surface area contributed by atoms with Crippen molar-refractivity contribution >= 4 is 16.9 Å². The molecular weight excluding hydrogens is 230 g/mol. The Balaban J connectivity index is 2.55. The first-order valence-electron chi connectivity index (χ1n) is 5.69. The first kappa shape index (κ1) is 12.4. The summed E-state index contributed by atoms with van der Waals surface area (Å²) in [5.41, 5.74) is 0.820. The van der Waals surface area contributed by atoms with Gasteiger partial charge in [0.1, 0.15) is 0 Å². The molecule has 1 amide bonds. The molecule has 4 heteroatoms. The zero-order chi connectivity index (χ0) is 13.1. The van der Waals surface area contributed by atoms with Crippen LogP contribution >= 0.6 is 0 Å². The van der Waals surface area contributed by atoms with Gasteiger partial charge < -0.3 is 15.1 Å². The highest BCUT2D eigenvalue weighted by Crippen LogP contribution is 2.27. The molecule has 2 N–H and O–H groups in total. The topological polar surface area (TPSA) is 60.8 Å². The van der Waals surface area contributed by atoms with Gasteiger partial charge in [0, 0.05) is 7.05 Å². The third-order valence-corrected chi connectivity index (χ3v) is 3.12. The second kappa shape index (κ2) is 5.06. The summed E-state index contributed by atoms with van der Waals surface area (Å²) in [5, 5.41) is 20.5. The van der Waals surface area contributed by atoms with Crippen LogP contribution < -0.4 is 0 Å². The van der Waals surface area contributed by atoms with Crippen LogP contribution in [0.4, 0.5) is 4.79 Å². The van der Waals surface area contributed by atoms with Crippen LogP contribution in [-0.2, 0) is 0 Å². The van der Waals surface area contributed by atoms with Crippen LogP contribution in [-0.4, -0.2) is 34.9 Å². The van der Waals surface area contributed by atoms with Gasteiger partial charge in [-0.15, -0.1) is 0 Å². The summed E-state index contributed by atoms with van der Waals surface area (Å²) in [5.74, 6) is 0. The number of amides is 1. The van der Waals surface area contributed by atoms with E-state index in [9.17, 15) is 9.90 Å². The minimum absolute atomic E-state index is 0.239. The Morgan fingerprint density at radius 1 is 1.22 bits per heavy atom. The SMILES string of the molecule is CN(C(=O)O)[C@@H](CO)c1cccc2ccccc12. The molecule has 0 saturated carbocycles. The predicted molar refractivity (Wildman–Crippen MR) is 69.6 cm³/mol. The Morgan fingerprint density at radius 2 is 1.89 bits per heavy atom. The van der Waals surface area contributed by atoms with Gasteiger partial charge in [0.25, 0.3) is 0 Å². The maximum atomic E-state index is 11.0. The number of hydrogen-bond acceptors (Lipinski definition) is 2. The van der Waals surface area contributed by atoms with E-state index in [-0.39, 0.29) is 6.61 Å². The number of nitrogens with zero attached hydrogens (tertiary/aromatic N) is 1. The molecule has 94 valence electrons. The molecule has 2 rings (SSSR count). The number of hydrogen-bond donors (Lipinski definition) is 2. The molecule has 4 nitrogen and oxygen atoms in total. The molecule has 2 aromatic carbocycles. The third kappa shape index (κ3) is 2.15. The van der Waals surface area contributed by atoms with Gasteiger partial charge >= 0.3 is 6.09 Å². The Hall–Kier alpha value is -2.07. The lowest BCUT2D eigenvalue weighted by molar-refractivity contribution is 0.113. The fourth-order valence-electron chi connectivity index (χ4n) is 2.10. The van der Waals surface area contributed by atoms with E-state index in [1.807, 2.05) is 42.5 Å². The Bertz CT molecular complexity index is 562. The van der Waals surface area contributed by atoms with Crippen molar-refractivity contribution < 1.29 is 15.0 Å². The number of benzene rings is 2. The average Bonchev–Trinajstić information content (AvgIpc) is 2.39. The number of aliphatic hydroxyl groups excluding tert-OH is 1. The van der Waals surface area contributed by atoms with Crippen LogP contribution in [0, 0.1) is 0 Å². The first-order valence-corrected chi connectivity index (χ1v) is 5.69. The number of likely N-dealkylation sites (N-methyl/N-ethyl adjacent to an activating group) is 1. The summed E-state index contributed by atoms with van der Waals surface area (Å²) in [6.07, 6.45) is -1.05. The standard InChI is InChI=1S/C14H15NO3/c1-15(14(17)18)13(9-16)12-8-4-6-10-5-2-3-7-11(10)12/h2-8,13,16H,9H2,1H3,(H,17,18)/t13-/m0/s1. The van der Waals surface area contributed by atoms with Gasteiger partial charge in [-0.2, -0.15) is 0 Å². The molecular formula is C14H15NO3. The van der Waals surface area contributed by atoms with Gasteiger partial charge in [0.2, 0.25) is 0 Å². The second-order valence-electron chi connectivity index (χ2n) is 4.16. The van der Waals surface area contributed by atoms with Gasteiger partial charge in [-0.1, -0.05) is 42.5 Å². The highest BCUT2D eigenvalue weighted by Gasteiger charge is 2.21. The lowest BCUT2D eigenvalue weighted by atomic mass is 9.98. The van der Waals surface area contributed by atoms with Crippen molar-refractivity contribution in [3.8, 4) is 0 Å². The van der Waals surface area contributed by atoms with Crippen molar-refractivity contribution in [3.63, 3.8) is 0 Å². The van der Waals surface area contributed by atoms with E-state index >= 15 is 0 Å². The zero-order valence-electron chi connectivity index (χ0n) is 10.1. The van der Waals surface area contributed by atoms with Crippen molar-refractivity contribution in [2.24, 2.45) is 0 Å². The molecule has 0 bridgehead atoms. The number of fused-ring (bicyclic) bond motifs is 1. The maximum absolute atomic E-state index is 11.0. The average molecular weight is 245 g/mol. The minimum Gasteiger partial charge on any atom is -0.465 e. The summed E-state index contributed by atoms with van der Waals surface area (Å²) in [6, 6.07) is 12.9. The highest BCUT2D eigenvalue weighted by molar-refractivity contribution is 5.86. The van der Waals surface area contributed by atoms with E-state index in [1.165, 1.54) is 7.05 Å². The molecule has 0 aliphatic carbocycles. The zero-order valence-corrected chi connectivity index (χ0v) is 10.1. The number of aliphatic hydroxyl groups is 1. The van der Waals surface area contributed by atoms with Crippen molar-refractivity contribution in [3.05, 3.63) is 48.0 Å². The van der Waals surface area contributed by atoms with Crippen LogP contribution in [0.3, 0.4) is 0 Å². The lowest BCUT2D eigenvalue weighted by Crippen LogP contribution is -2.32. The molecule has 0 aliphatic rings. The molecule has 0 heterocycles. The molecule has 18 heavy (non-hydrogen) atoms. The summed E-state index contributed by atoms with van der Waals surface area (Å²) in [6.45, 7) is -0.239. The van der Waals surface area contributed by atoms with Gasteiger partial charge in [-0.3, -0.25) is 0 Å². The maximum Gasteiger partial charge on any atom is 0.407 e. The molecule has 0 saturated heterocycles. The minimum atomic E-state index is -1.05. The largest absolute Gasteiger partial charge is 0.465 e. The Labute approximate surface area is 105 Å². The molecule has 0 fully saturated rings. The molecule has 1 atom stereocenters. The van der Waals surface area contributed by atoms with E-state index in [1.54, 1.807) is 0 Å². The highest BCUT2D eigenvalue weighted by atomic mass is 16.4. The Morgan fingerprint density at radius 3 is 2.56 bits per heavy atom. The van der Waals surface area contributed by atoms with Gasteiger partial charge in [-0.25, -0.2) is 4.79 Å². The molecule has 0 aromatic heterocycles. The van der Waals surface area contributed by atoms with Crippen molar-refractivity contribution in [1.82, 2.24) is 4.90 Å². The van der Waals surface area contributed by atoms with E-state index < -0.39 is 12.1 Å². The van der Waals surface area contributed by atoms with E-state index in [0.717, 1.165) is 21.2 Å². The smallest absolute Gasteiger partial charge is 0.407 e. The van der Waals surface area contributed by atoms with Gasteiger partial charge in [-0.05, 0) is 16.3 Å². The van der Waals surface area contributed by atoms with Crippen LogP contribution in [0.5, 0.6) is 0 Å². The molecule has 2 aromatic rings.